The van der Waals surface area contributed by atoms with E-state index in [4.69, 9.17) is 11.5 Å². The second-order valence-electron chi connectivity index (χ2n) is 6.29. The number of allylic oxidation sites excluding steroid dienone is 3. The molecule has 0 amide bonds. The number of unbranched alkanes of at least 4 members (excludes halogenated alkanes) is 1. The van der Waals surface area contributed by atoms with E-state index in [1.54, 1.807) is 0 Å². The van der Waals surface area contributed by atoms with Gasteiger partial charge in [-0.25, -0.2) is 0 Å². The standard InChI is InChI=1S/C15H30N2/c1-14(2,13-16)11-9-7-5-6-8-10-12-15(3,4)17/h7-10H,5-6,11-13,16-17H2,1-4H3/b9-7+,10-8+. The number of rotatable bonds is 8. The molecule has 0 saturated heterocycles. The molecule has 0 aromatic rings. The van der Waals surface area contributed by atoms with Gasteiger partial charge < -0.3 is 11.5 Å². The first kappa shape index (κ1) is 16.4. The Balaban J connectivity index is 3.62. The molecular formula is C15H30N2. The molecule has 0 fully saturated rings. The largest absolute Gasteiger partial charge is 0.330 e. The van der Waals surface area contributed by atoms with Crippen LogP contribution in [-0.4, -0.2) is 12.1 Å². The predicted octanol–water partition coefficient (Wildman–Crippen LogP) is 3.38. The molecule has 0 rings (SSSR count). The van der Waals surface area contributed by atoms with Crippen molar-refractivity contribution in [3.63, 3.8) is 0 Å². The van der Waals surface area contributed by atoms with Crippen LogP contribution >= 0.6 is 0 Å². The number of hydrogen-bond acceptors (Lipinski definition) is 2. The van der Waals surface area contributed by atoms with Gasteiger partial charge in [0.25, 0.3) is 0 Å². The lowest BCUT2D eigenvalue weighted by atomic mass is 9.89. The highest BCUT2D eigenvalue weighted by Gasteiger charge is 2.12. The van der Waals surface area contributed by atoms with Crippen LogP contribution in [-0.2, 0) is 0 Å². The molecule has 0 radical (unpaired) electrons. The molecule has 2 heteroatoms. The Morgan fingerprint density at radius 2 is 1.29 bits per heavy atom. The maximum absolute atomic E-state index is 5.88. The van der Waals surface area contributed by atoms with E-state index in [0.717, 1.165) is 32.2 Å². The van der Waals surface area contributed by atoms with E-state index in [0.29, 0.717) is 0 Å². The van der Waals surface area contributed by atoms with Crippen LogP contribution in [0.15, 0.2) is 24.3 Å². The minimum Gasteiger partial charge on any atom is -0.330 e. The molecule has 0 saturated carbocycles. The van der Waals surface area contributed by atoms with Crippen LogP contribution in [0.5, 0.6) is 0 Å². The van der Waals surface area contributed by atoms with Crippen LogP contribution in [0.25, 0.3) is 0 Å². The quantitative estimate of drug-likeness (QED) is 0.503. The lowest BCUT2D eigenvalue weighted by molar-refractivity contribution is 0.384. The first-order valence-electron chi connectivity index (χ1n) is 6.56. The minimum absolute atomic E-state index is 0.0858. The minimum atomic E-state index is -0.0858. The molecule has 0 aliphatic carbocycles. The van der Waals surface area contributed by atoms with Crippen LogP contribution < -0.4 is 11.5 Å². The smallest absolute Gasteiger partial charge is 0.0132 e. The Morgan fingerprint density at radius 3 is 1.71 bits per heavy atom. The monoisotopic (exact) mass is 238 g/mol. The van der Waals surface area contributed by atoms with E-state index < -0.39 is 0 Å². The molecule has 0 heterocycles. The summed E-state index contributed by atoms with van der Waals surface area (Å²) < 4.78 is 0. The van der Waals surface area contributed by atoms with Crippen molar-refractivity contribution >= 4 is 0 Å². The first-order chi connectivity index (χ1) is 7.77. The van der Waals surface area contributed by atoms with Gasteiger partial charge >= 0.3 is 0 Å². The molecule has 4 N–H and O–H groups in total. The molecule has 0 unspecified atom stereocenters. The highest BCUT2D eigenvalue weighted by atomic mass is 14.7. The van der Waals surface area contributed by atoms with Crippen molar-refractivity contribution < 1.29 is 0 Å². The van der Waals surface area contributed by atoms with Gasteiger partial charge in [-0.3, -0.25) is 0 Å². The first-order valence-corrected chi connectivity index (χ1v) is 6.56. The molecular weight excluding hydrogens is 208 g/mol. The van der Waals surface area contributed by atoms with Crippen molar-refractivity contribution in [3.8, 4) is 0 Å². The zero-order valence-electron chi connectivity index (χ0n) is 12.0. The maximum atomic E-state index is 5.88. The number of nitrogens with two attached hydrogens (primary N) is 2. The third-order valence-corrected chi connectivity index (χ3v) is 2.70. The van der Waals surface area contributed by atoms with Crippen LogP contribution in [0.3, 0.4) is 0 Å². The highest BCUT2D eigenvalue weighted by Crippen LogP contribution is 2.18. The summed E-state index contributed by atoms with van der Waals surface area (Å²) in [6, 6.07) is 0. The van der Waals surface area contributed by atoms with Crippen LogP contribution in [0.1, 0.15) is 53.4 Å². The van der Waals surface area contributed by atoms with Gasteiger partial charge in [0.2, 0.25) is 0 Å². The third kappa shape index (κ3) is 11.7. The molecule has 17 heavy (non-hydrogen) atoms. The van der Waals surface area contributed by atoms with Gasteiger partial charge in [0, 0.05) is 5.54 Å². The Kier molecular flexibility index (Phi) is 7.40. The van der Waals surface area contributed by atoms with E-state index in [1.807, 2.05) is 13.8 Å². The van der Waals surface area contributed by atoms with Crippen molar-refractivity contribution in [1.29, 1.82) is 0 Å². The molecule has 100 valence electrons. The van der Waals surface area contributed by atoms with Crippen molar-refractivity contribution in [3.05, 3.63) is 24.3 Å². The van der Waals surface area contributed by atoms with Gasteiger partial charge in [0.15, 0.2) is 0 Å². The SMILES string of the molecule is CC(C)(N)C/C=C/CC/C=C/CC(C)(C)CN. The maximum Gasteiger partial charge on any atom is 0.0132 e. The molecule has 0 spiro atoms. The van der Waals surface area contributed by atoms with Gasteiger partial charge in [-0.2, -0.15) is 0 Å². The lowest BCUT2D eigenvalue weighted by Crippen LogP contribution is -2.30. The predicted molar refractivity (Wildman–Crippen MR) is 77.8 cm³/mol. The van der Waals surface area contributed by atoms with Crippen LogP contribution in [0.2, 0.25) is 0 Å². The van der Waals surface area contributed by atoms with Crippen LogP contribution in [0, 0.1) is 5.41 Å². The lowest BCUT2D eigenvalue weighted by Gasteiger charge is -2.19. The van der Waals surface area contributed by atoms with Crippen molar-refractivity contribution in [2.24, 2.45) is 16.9 Å². The van der Waals surface area contributed by atoms with E-state index >= 15 is 0 Å². The summed E-state index contributed by atoms with van der Waals surface area (Å²) in [7, 11) is 0. The van der Waals surface area contributed by atoms with Gasteiger partial charge in [0.05, 0.1) is 0 Å². The summed E-state index contributed by atoms with van der Waals surface area (Å²) in [6.45, 7) is 9.22. The second-order valence-corrected chi connectivity index (χ2v) is 6.29. The Morgan fingerprint density at radius 1 is 0.824 bits per heavy atom. The molecule has 0 aliphatic heterocycles. The summed E-state index contributed by atoms with van der Waals surface area (Å²) in [5.41, 5.74) is 11.7. The topological polar surface area (TPSA) is 52.0 Å². The average molecular weight is 238 g/mol. The molecule has 0 aromatic carbocycles. The molecule has 0 bridgehead atoms. The van der Waals surface area contributed by atoms with Gasteiger partial charge in [-0.05, 0) is 51.5 Å². The second kappa shape index (κ2) is 7.67. The van der Waals surface area contributed by atoms with Gasteiger partial charge in [-0.15, -0.1) is 0 Å². The average Bonchev–Trinajstić information content (AvgIpc) is 2.20. The van der Waals surface area contributed by atoms with Crippen LogP contribution in [0.4, 0.5) is 0 Å². The van der Waals surface area contributed by atoms with E-state index in [2.05, 4.69) is 38.2 Å². The van der Waals surface area contributed by atoms with Crippen molar-refractivity contribution in [2.45, 2.75) is 58.9 Å². The molecule has 0 aromatic heterocycles. The fraction of sp³-hybridized carbons (Fsp3) is 0.733. The highest BCUT2D eigenvalue weighted by molar-refractivity contribution is 4.93. The summed E-state index contributed by atoms with van der Waals surface area (Å²) in [4.78, 5) is 0. The molecule has 0 atom stereocenters. The summed E-state index contributed by atoms with van der Waals surface area (Å²) in [5.74, 6) is 0. The van der Waals surface area contributed by atoms with E-state index in [9.17, 15) is 0 Å². The third-order valence-electron chi connectivity index (χ3n) is 2.70. The molecule has 0 aliphatic rings. The van der Waals surface area contributed by atoms with Crippen molar-refractivity contribution in [1.82, 2.24) is 0 Å². The summed E-state index contributed by atoms with van der Waals surface area (Å²) in [5, 5.41) is 0. The summed E-state index contributed by atoms with van der Waals surface area (Å²) in [6.07, 6.45) is 13.1. The van der Waals surface area contributed by atoms with Gasteiger partial charge in [-0.1, -0.05) is 38.2 Å². The Labute approximate surface area is 107 Å². The summed E-state index contributed by atoms with van der Waals surface area (Å²) >= 11 is 0. The zero-order valence-corrected chi connectivity index (χ0v) is 12.0. The normalized spacial score (nSPS) is 14.0. The Bertz CT molecular complexity index is 244. The number of hydrogen-bond donors (Lipinski definition) is 2. The molecule has 2 nitrogen and oxygen atoms in total. The van der Waals surface area contributed by atoms with Gasteiger partial charge in [0.1, 0.15) is 0 Å². The Hall–Kier alpha value is -0.600. The fourth-order valence-corrected chi connectivity index (χ4v) is 1.30. The van der Waals surface area contributed by atoms with E-state index in [1.165, 1.54) is 0 Å². The van der Waals surface area contributed by atoms with Crippen molar-refractivity contribution in [2.75, 3.05) is 6.54 Å². The fourth-order valence-electron chi connectivity index (χ4n) is 1.30. The van der Waals surface area contributed by atoms with E-state index in [-0.39, 0.29) is 11.0 Å². The zero-order chi connectivity index (χ0) is 13.4.